The van der Waals surface area contributed by atoms with Crippen molar-refractivity contribution in [1.29, 1.82) is 0 Å². The van der Waals surface area contributed by atoms with Gasteiger partial charge in [0.15, 0.2) is 9.84 Å². The first kappa shape index (κ1) is 15.5. The highest BCUT2D eigenvalue weighted by Gasteiger charge is 2.35. The summed E-state index contributed by atoms with van der Waals surface area (Å²) in [6.45, 7) is 2.84. The maximum absolute atomic E-state index is 12.2. The Morgan fingerprint density at radius 2 is 2.26 bits per heavy atom. The van der Waals surface area contributed by atoms with Gasteiger partial charge in [0.2, 0.25) is 0 Å². The van der Waals surface area contributed by atoms with Crippen LogP contribution in [0.1, 0.15) is 31.1 Å². The third-order valence-corrected chi connectivity index (χ3v) is 7.58. The van der Waals surface area contributed by atoms with Crippen molar-refractivity contribution in [2.75, 3.05) is 12.3 Å². The van der Waals surface area contributed by atoms with Gasteiger partial charge in [-0.25, -0.2) is 8.42 Å². The van der Waals surface area contributed by atoms with Gasteiger partial charge in [-0.2, -0.15) is 0 Å². The topological polar surface area (TPSA) is 46.2 Å². The van der Waals surface area contributed by atoms with Crippen LogP contribution in [-0.4, -0.2) is 32.0 Å². The summed E-state index contributed by atoms with van der Waals surface area (Å²) in [5, 5.41) is 3.16. The minimum absolute atomic E-state index is 0.0425. The third kappa shape index (κ3) is 4.03. The van der Waals surface area contributed by atoms with Crippen molar-refractivity contribution < 1.29 is 8.42 Å². The van der Waals surface area contributed by atoms with Crippen LogP contribution in [0.25, 0.3) is 0 Å². The second-order valence-electron chi connectivity index (χ2n) is 4.98. The van der Waals surface area contributed by atoms with Crippen molar-refractivity contribution in [3.63, 3.8) is 0 Å². The van der Waals surface area contributed by atoms with E-state index in [1.54, 1.807) is 11.3 Å². The quantitative estimate of drug-likeness (QED) is 0.872. The number of thiophene rings is 1. The molecule has 1 fully saturated rings. The molecule has 0 saturated carbocycles. The molecule has 1 aromatic rings. The van der Waals surface area contributed by atoms with Gasteiger partial charge in [-0.05, 0) is 53.9 Å². The van der Waals surface area contributed by atoms with E-state index in [-0.39, 0.29) is 11.3 Å². The fraction of sp³-hybridized carbons (Fsp3) is 0.692. The molecule has 0 spiro atoms. The van der Waals surface area contributed by atoms with Crippen LogP contribution in [0.2, 0.25) is 0 Å². The molecule has 19 heavy (non-hydrogen) atoms. The number of likely N-dealkylation sites (N-methyl/N-ethyl adjacent to an activating group) is 1. The van der Waals surface area contributed by atoms with Crippen molar-refractivity contribution in [1.82, 2.24) is 5.32 Å². The van der Waals surface area contributed by atoms with Crippen LogP contribution in [-0.2, 0) is 16.3 Å². The van der Waals surface area contributed by atoms with E-state index in [9.17, 15) is 8.42 Å². The minimum atomic E-state index is -2.93. The number of halogens is 1. The minimum Gasteiger partial charge on any atom is -0.313 e. The lowest BCUT2D eigenvalue weighted by molar-refractivity contribution is 0.442. The molecule has 108 valence electrons. The monoisotopic (exact) mass is 365 g/mol. The van der Waals surface area contributed by atoms with E-state index in [1.807, 2.05) is 13.0 Å². The lowest BCUT2D eigenvalue weighted by Crippen LogP contribution is -2.47. The van der Waals surface area contributed by atoms with Crippen molar-refractivity contribution in [2.24, 2.45) is 0 Å². The molecule has 1 aliphatic rings. The third-order valence-electron chi connectivity index (χ3n) is 3.59. The zero-order valence-corrected chi connectivity index (χ0v) is 14.3. The first-order valence-electron chi connectivity index (χ1n) is 6.72. The van der Waals surface area contributed by atoms with Gasteiger partial charge in [-0.15, -0.1) is 11.3 Å². The second kappa shape index (κ2) is 6.70. The standard InChI is InChI=1S/C13H20BrNO2S2/c1-2-15-11(9-10-6-7-13(14)18-10)12-5-3-4-8-19(12,16)17/h6-7,11-12,15H,2-5,8-9H2,1H3. The molecule has 1 saturated heterocycles. The van der Waals surface area contributed by atoms with Crippen LogP contribution >= 0.6 is 27.3 Å². The zero-order chi connectivity index (χ0) is 13.9. The van der Waals surface area contributed by atoms with Crippen LogP contribution in [0.3, 0.4) is 0 Å². The Bertz CT molecular complexity index is 512. The molecule has 6 heteroatoms. The lowest BCUT2D eigenvalue weighted by atomic mass is 10.0. The molecule has 0 aliphatic carbocycles. The van der Waals surface area contributed by atoms with Gasteiger partial charge in [0, 0.05) is 10.9 Å². The Kier molecular flexibility index (Phi) is 5.45. The Balaban J connectivity index is 2.14. The van der Waals surface area contributed by atoms with Crippen molar-refractivity contribution in [3.05, 3.63) is 20.8 Å². The Morgan fingerprint density at radius 1 is 1.47 bits per heavy atom. The Hall–Kier alpha value is 0.0900. The highest BCUT2D eigenvalue weighted by atomic mass is 79.9. The fourth-order valence-electron chi connectivity index (χ4n) is 2.71. The average Bonchev–Trinajstić information content (AvgIpc) is 2.74. The first-order chi connectivity index (χ1) is 9.03. The molecular formula is C13H20BrNO2S2. The zero-order valence-electron chi connectivity index (χ0n) is 11.1. The van der Waals surface area contributed by atoms with E-state index in [4.69, 9.17) is 0 Å². The van der Waals surface area contributed by atoms with Crippen LogP contribution < -0.4 is 5.32 Å². The molecule has 0 radical (unpaired) electrons. The fourth-order valence-corrected chi connectivity index (χ4v) is 6.38. The number of hydrogen-bond donors (Lipinski definition) is 1. The number of hydrogen-bond acceptors (Lipinski definition) is 4. The normalized spacial score (nSPS) is 24.2. The van der Waals surface area contributed by atoms with Gasteiger partial charge in [-0.1, -0.05) is 13.3 Å². The van der Waals surface area contributed by atoms with Gasteiger partial charge < -0.3 is 5.32 Å². The van der Waals surface area contributed by atoms with Crippen molar-refractivity contribution in [3.8, 4) is 0 Å². The van der Waals surface area contributed by atoms with E-state index >= 15 is 0 Å². The number of sulfone groups is 1. The molecule has 3 nitrogen and oxygen atoms in total. The molecule has 1 N–H and O–H groups in total. The number of nitrogens with one attached hydrogen (secondary N) is 1. The first-order valence-corrected chi connectivity index (χ1v) is 10.0. The number of rotatable bonds is 5. The molecule has 0 amide bonds. The van der Waals surface area contributed by atoms with E-state index in [1.165, 1.54) is 4.88 Å². The summed E-state index contributed by atoms with van der Waals surface area (Å²) in [7, 11) is -2.93. The van der Waals surface area contributed by atoms with Gasteiger partial charge in [0.1, 0.15) is 0 Å². The van der Waals surface area contributed by atoms with Crippen molar-refractivity contribution in [2.45, 2.75) is 43.9 Å². The SMILES string of the molecule is CCNC(Cc1ccc(Br)s1)C1CCCCS1(=O)=O. The molecule has 1 aliphatic heterocycles. The van der Waals surface area contributed by atoms with Crippen LogP contribution in [0.15, 0.2) is 15.9 Å². The smallest absolute Gasteiger partial charge is 0.154 e. The molecular weight excluding hydrogens is 346 g/mol. The molecule has 0 bridgehead atoms. The van der Waals surface area contributed by atoms with Gasteiger partial charge in [0.25, 0.3) is 0 Å². The Morgan fingerprint density at radius 3 is 2.84 bits per heavy atom. The summed E-state index contributed by atoms with van der Waals surface area (Å²) in [4.78, 5) is 1.23. The predicted octanol–water partition coefficient (Wildman–Crippen LogP) is 3.00. The van der Waals surface area contributed by atoms with Gasteiger partial charge >= 0.3 is 0 Å². The summed E-state index contributed by atoms with van der Waals surface area (Å²) >= 11 is 5.15. The maximum Gasteiger partial charge on any atom is 0.154 e. The highest BCUT2D eigenvalue weighted by Crippen LogP contribution is 2.28. The summed E-state index contributed by atoms with van der Waals surface area (Å²) in [6.07, 6.45) is 3.45. The van der Waals surface area contributed by atoms with Crippen LogP contribution in [0.4, 0.5) is 0 Å². The largest absolute Gasteiger partial charge is 0.313 e. The lowest BCUT2D eigenvalue weighted by Gasteiger charge is -2.30. The molecule has 2 rings (SSSR count). The maximum atomic E-state index is 12.2. The van der Waals surface area contributed by atoms with E-state index < -0.39 is 9.84 Å². The molecule has 1 aromatic heterocycles. The van der Waals surface area contributed by atoms with Crippen LogP contribution in [0, 0.1) is 0 Å². The van der Waals surface area contributed by atoms with Crippen molar-refractivity contribution >= 4 is 37.1 Å². The summed E-state index contributed by atoms with van der Waals surface area (Å²) in [5.74, 6) is 0.355. The van der Waals surface area contributed by atoms with E-state index in [0.717, 1.165) is 36.0 Å². The molecule has 2 atom stereocenters. The predicted molar refractivity (Wildman–Crippen MR) is 84.6 cm³/mol. The van der Waals surface area contributed by atoms with Gasteiger partial charge in [-0.3, -0.25) is 0 Å². The van der Waals surface area contributed by atoms with Gasteiger partial charge in [0.05, 0.1) is 14.8 Å². The molecule has 2 unspecified atom stereocenters. The summed E-state index contributed by atoms with van der Waals surface area (Å²) in [5.41, 5.74) is 0. The van der Waals surface area contributed by atoms with E-state index in [0.29, 0.717) is 5.75 Å². The summed E-state index contributed by atoms with van der Waals surface area (Å²) in [6, 6.07) is 4.15. The van der Waals surface area contributed by atoms with Crippen LogP contribution in [0.5, 0.6) is 0 Å². The summed E-state index contributed by atoms with van der Waals surface area (Å²) < 4.78 is 25.6. The Labute approximate surface area is 127 Å². The van der Waals surface area contributed by atoms with E-state index in [2.05, 4.69) is 27.3 Å². The highest BCUT2D eigenvalue weighted by molar-refractivity contribution is 9.11. The second-order valence-corrected chi connectivity index (χ2v) is 9.86. The molecule has 0 aromatic carbocycles. The molecule has 2 heterocycles. The average molecular weight is 366 g/mol.